The Bertz CT molecular complexity index is 655. The largest absolute Gasteiger partial charge is 0.332 e. The molecule has 4 rings (SSSR count). The molecule has 0 spiro atoms. The quantitative estimate of drug-likeness (QED) is 0.746. The zero-order valence-electron chi connectivity index (χ0n) is 16.7. The Morgan fingerprint density at radius 3 is 1.96 bits per heavy atom. The Hall–Kier alpha value is -1.64. The molecule has 1 aliphatic heterocycles. The van der Waals surface area contributed by atoms with E-state index in [2.05, 4.69) is 60.7 Å². The van der Waals surface area contributed by atoms with E-state index < -0.39 is 0 Å². The van der Waals surface area contributed by atoms with Gasteiger partial charge in [0, 0.05) is 24.8 Å². The summed E-state index contributed by atoms with van der Waals surface area (Å²) in [5.41, 5.74) is 2.98. The average Bonchev–Trinajstić information content (AvgIpc) is 3.28. The summed E-state index contributed by atoms with van der Waals surface area (Å²) in [5.74, 6) is 0. The maximum atomic E-state index is 2.31. The van der Waals surface area contributed by atoms with Crippen LogP contribution in [0.4, 0.5) is 0 Å². The van der Waals surface area contributed by atoms with Crippen molar-refractivity contribution in [2.75, 3.05) is 19.6 Å². The molecule has 0 bridgehead atoms. The Balaban J connectivity index is 1.38. The van der Waals surface area contributed by atoms with Crippen LogP contribution >= 0.6 is 0 Å². The van der Waals surface area contributed by atoms with Crippen molar-refractivity contribution < 1.29 is 9.80 Å². The molecule has 1 atom stereocenters. The molecule has 1 saturated heterocycles. The minimum Gasteiger partial charge on any atom is -0.332 e. The van der Waals surface area contributed by atoms with Gasteiger partial charge >= 0.3 is 0 Å². The predicted octanol–water partition coefficient (Wildman–Crippen LogP) is 2.30. The van der Waals surface area contributed by atoms with Gasteiger partial charge in [-0.25, -0.2) is 0 Å². The van der Waals surface area contributed by atoms with E-state index in [9.17, 15) is 0 Å². The third kappa shape index (κ3) is 5.21. The van der Waals surface area contributed by atoms with E-state index in [-0.39, 0.29) is 0 Å². The number of rotatable bonds is 7. The first-order valence-electron chi connectivity index (χ1n) is 11.2. The molecule has 144 valence electrons. The van der Waals surface area contributed by atoms with Gasteiger partial charge in [0.25, 0.3) is 0 Å². The lowest BCUT2D eigenvalue weighted by Gasteiger charge is -2.36. The van der Waals surface area contributed by atoms with Crippen LogP contribution in [0.2, 0.25) is 0 Å². The molecule has 1 unspecified atom stereocenters. The van der Waals surface area contributed by atoms with Gasteiger partial charge < -0.3 is 9.80 Å². The second-order valence-corrected chi connectivity index (χ2v) is 8.72. The van der Waals surface area contributed by atoms with E-state index in [1.54, 1.807) is 4.90 Å². The monoisotopic (exact) mass is 364 g/mol. The van der Waals surface area contributed by atoms with Crippen molar-refractivity contribution in [3.05, 3.63) is 71.8 Å². The highest BCUT2D eigenvalue weighted by molar-refractivity contribution is 5.15. The summed E-state index contributed by atoms with van der Waals surface area (Å²) in [6.07, 6.45) is 9.91. The Morgan fingerprint density at radius 2 is 1.33 bits per heavy atom. The number of likely N-dealkylation sites (tertiary alicyclic amines) is 1. The zero-order chi connectivity index (χ0) is 18.3. The number of hydrogen-bond acceptors (Lipinski definition) is 0. The summed E-state index contributed by atoms with van der Waals surface area (Å²) in [4.78, 5) is 3.72. The van der Waals surface area contributed by atoms with E-state index in [1.807, 2.05) is 4.90 Å². The maximum Gasteiger partial charge on any atom is 0.103 e. The molecule has 2 aliphatic rings. The topological polar surface area (TPSA) is 8.88 Å². The van der Waals surface area contributed by atoms with Gasteiger partial charge in [0.05, 0.1) is 31.7 Å². The number of quaternary nitrogens is 2. The van der Waals surface area contributed by atoms with Crippen molar-refractivity contribution in [2.45, 2.75) is 63.6 Å². The highest BCUT2D eigenvalue weighted by atomic mass is 15.2. The van der Waals surface area contributed by atoms with Gasteiger partial charge in [-0.15, -0.1) is 0 Å². The van der Waals surface area contributed by atoms with Gasteiger partial charge in [-0.3, -0.25) is 0 Å². The van der Waals surface area contributed by atoms with Gasteiger partial charge in [0.1, 0.15) is 6.54 Å². The highest BCUT2D eigenvalue weighted by Gasteiger charge is 2.34. The van der Waals surface area contributed by atoms with Crippen LogP contribution in [0, 0.1) is 0 Å². The molecule has 1 saturated carbocycles. The molecule has 1 heterocycles. The minimum absolute atomic E-state index is 0.832. The lowest BCUT2D eigenvalue weighted by Crippen LogP contribution is -3.21. The van der Waals surface area contributed by atoms with Crippen LogP contribution in [-0.2, 0) is 13.0 Å². The Labute approximate surface area is 165 Å². The minimum atomic E-state index is 0.832. The van der Waals surface area contributed by atoms with Gasteiger partial charge in [-0.05, 0) is 31.2 Å². The van der Waals surface area contributed by atoms with Gasteiger partial charge in [-0.2, -0.15) is 0 Å². The number of hydrogen-bond donors (Lipinski definition) is 2. The summed E-state index contributed by atoms with van der Waals surface area (Å²) in [7, 11) is 0. The zero-order valence-corrected chi connectivity index (χ0v) is 16.7. The molecular formula is C25H36N2+2. The summed E-state index contributed by atoms with van der Waals surface area (Å²) in [6.45, 7) is 5.23. The molecule has 1 aliphatic carbocycles. The van der Waals surface area contributed by atoms with Crippen molar-refractivity contribution in [1.29, 1.82) is 0 Å². The third-order valence-electron chi connectivity index (χ3n) is 6.99. The van der Waals surface area contributed by atoms with Crippen LogP contribution < -0.4 is 9.80 Å². The van der Waals surface area contributed by atoms with Crippen molar-refractivity contribution in [3.8, 4) is 0 Å². The van der Waals surface area contributed by atoms with Crippen LogP contribution in [-0.4, -0.2) is 31.7 Å². The van der Waals surface area contributed by atoms with E-state index in [4.69, 9.17) is 0 Å². The fourth-order valence-electron chi connectivity index (χ4n) is 5.38. The Kier molecular flexibility index (Phi) is 6.60. The molecule has 2 nitrogen and oxygen atoms in total. The number of piperidine rings is 1. The molecular weight excluding hydrogens is 328 g/mol. The summed E-state index contributed by atoms with van der Waals surface area (Å²) in [6, 6.07) is 24.0. The standard InChI is InChI=1S/C25H34N2/c1-3-9-22(10-4-1)15-18-27(21-23-11-5-2-6-12-23)25-16-19-26(20-17-25)24-13-7-8-14-24/h1-6,9-12,24-25H,7-8,13-21H2/p+2. The average molecular weight is 365 g/mol. The highest BCUT2D eigenvalue weighted by Crippen LogP contribution is 2.16. The first kappa shape index (κ1) is 18.7. The van der Waals surface area contributed by atoms with Crippen molar-refractivity contribution in [1.82, 2.24) is 0 Å². The lowest BCUT2D eigenvalue weighted by atomic mass is 9.99. The molecule has 0 radical (unpaired) electrons. The second-order valence-electron chi connectivity index (χ2n) is 8.72. The number of nitrogens with one attached hydrogen (secondary N) is 2. The lowest BCUT2D eigenvalue weighted by molar-refractivity contribution is -0.974. The van der Waals surface area contributed by atoms with Gasteiger partial charge in [0.15, 0.2) is 0 Å². The van der Waals surface area contributed by atoms with Crippen molar-refractivity contribution >= 4 is 0 Å². The summed E-state index contributed by atoms with van der Waals surface area (Å²) >= 11 is 0. The van der Waals surface area contributed by atoms with Gasteiger partial charge in [-0.1, -0.05) is 60.7 Å². The molecule has 0 amide bonds. The Morgan fingerprint density at radius 1 is 0.741 bits per heavy atom. The van der Waals surface area contributed by atoms with Crippen molar-refractivity contribution in [3.63, 3.8) is 0 Å². The van der Waals surface area contributed by atoms with Crippen LogP contribution in [0.25, 0.3) is 0 Å². The van der Waals surface area contributed by atoms with E-state index in [0.717, 1.165) is 12.1 Å². The third-order valence-corrected chi connectivity index (χ3v) is 6.99. The molecule has 2 N–H and O–H groups in total. The van der Waals surface area contributed by atoms with Crippen LogP contribution in [0.15, 0.2) is 60.7 Å². The number of benzene rings is 2. The molecule has 2 heteroatoms. The first-order chi connectivity index (χ1) is 13.4. The molecule has 0 aromatic heterocycles. The van der Waals surface area contributed by atoms with Crippen LogP contribution in [0.5, 0.6) is 0 Å². The van der Waals surface area contributed by atoms with E-state index in [1.165, 1.54) is 82.3 Å². The molecule has 2 aromatic rings. The van der Waals surface area contributed by atoms with Crippen LogP contribution in [0.3, 0.4) is 0 Å². The van der Waals surface area contributed by atoms with Crippen LogP contribution in [0.1, 0.15) is 49.7 Å². The second kappa shape index (κ2) is 9.52. The van der Waals surface area contributed by atoms with Crippen molar-refractivity contribution in [2.24, 2.45) is 0 Å². The van der Waals surface area contributed by atoms with E-state index >= 15 is 0 Å². The molecule has 2 fully saturated rings. The normalized spacial score (nSPS) is 24.7. The van der Waals surface area contributed by atoms with E-state index in [0.29, 0.717) is 0 Å². The molecule has 2 aromatic carbocycles. The smallest absolute Gasteiger partial charge is 0.103 e. The fraction of sp³-hybridized carbons (Fsp3) is 0.520. The molecule has 27 heavy (non-hydrogen) atoms. The maximum absolute atomic E-state index is 2.31. The predicted molar refractivity (Wildman–Crippen MR) is 112 cm³/mol. The SMILES string of the molecule is c1ccc(CC[NH+](Cc2ccccc2)C2CC[NH+](C3CCCC3)CC2)cc1. The summed E-state index contributed by atoms with van der Waals surface area (Å²) < 4.78 is 0. The van der Waals surface area contributed by atoms with Gasteiger partial charge in [0.2, 0.25) is 0 Å². The first-order valence-corrected chi connectivity index (χ1v) is 11.2. The fourth-order valence-corrected chi connectivity index (χ4v) is 5.38. The summed E-state index contributed by atoms with van der Waals surface area (Å²) in [5, 5.41) is 0.